The molecule has 2 aromatic heterocycles. The molecule has 0 radical (unpaired) electrons. The third-order valence-corrected chi connectivity index (χ3v) is 7.14. The Kier molecular flexibility index (Phi) is 4.84. The lowest BCUT2D eigenvalue weighted by atomic mass is 9.70. The lowest BCUT2D eigenvalue weighted by molar-refractivity contribution is -0.114. The van der Waals surface area contributed by atoms with Gasteiger partial charge in [-0.25, -0.2) is 4.98 Å². The first-order valence-electron chi connectivity index (χ1n) is 11.7. The minimum Gasteiger partial charge on any atom is -0.474 e. The first-order valence-corrected chi connectivity index (χ1v) is 11.7. The number of hydrogen-bond acceptors (Lipinski definition) is 7. The Balaban J connectivity index is 1.46. The number of Topliss-reactive ketones (excluding diaryl/α,β-unsaturated/α-hetero) is 1. The van der Waals surface area contributed by atoms with Crippen LogP contribution in [0.3, 0.4) is 0 Å². The molecule has 1 amide bonds. The first-order chi connectivity index (χ1) is 17.0. The molecule has 35 heavy (non-hydrogen) atoms. The number of allylic oxidation sites excluding steroid dienone is 4. The van der Waals surface area contributed by atoms with Crippen molar-refractivity contribution in [3.05, 3.63) is 65.0 Å². The Bertz CT molecular complexity index is 1450. The van der Waals surface area contributed by atoms with Crippen LogP contribution in [0.25, 0.3) is 16.8 Å². The molecule has 3 aliphatic carbocycles. The maximum Gasteiger partial charge on any atom is 0.250 e. The van der Waals surface area contributed by atoms with Crippen LogP contribution >= 0.6 is 0 Å². The van der Waals surface area contributed by atoms with Crippen molar-refractivity contribution < 1.29 is 14.3 Å². The zero-order valence-electron chi connectivity index (χ0n) is 19.1. The number of hydrogen-bond donors (Lipinski definition) is 2. The van der Waals surface area contributed by atoms with Crippen molar-refractivity contribution in [2.75, 3.05) is 18.1 Å². The number of aromatic nitrogens is 2. The minimum absolute atomic E-state index is 0.159. The van der Waals surface area contributed by atoms with Crippen LogP contribution in [0, 0.1) is 10.8 Å². The molecule has 2 N–H and O–H groups in total. The quantitative estimate of drug-likeness (QED) is 0.653. The van der Waals surface area contributed by atoms with Gasteiger partial charge in [-0.3, -0.25) is 14.6 Å². The lowest BCUT2D eigenvalue weighted by Gasteiger charge is -2.33. The van der Waals surface area contributed by atoms with E-state index in [1.165, 1.54) is 6.08 Å². The van der Waals surface area contributed by atoms with Crippen molar-refractivity contribution in [3.63, 3.8) is 0 Å². The number of pyridine rings is 2. The summed E-state index contributed by atoms with van der Waals surface area (Å²) >= 11 is 0. The normalized spacial score (nSPS) is 19.0. The highest BCUT2D eigenvalue weighted by molar-refractivity contribution is 6.48. The van der Waals surface area contributed by atoms with Gasteiger partial charge in [0.05, 0.1) is 18.0 Å². The van der Waals surface area contributed by atoms with Gasteiger partial charge in [0.15, 0.2) is 0 Å². The number of amides is 1. The molecule has 0 aromatic carbocycles. The van der Waals surface area contributed by atoms with Gasteiger partial charge < -0.3 is 20.5 Å². The summed E-state index contributed by atoms with van der Waals surface area (Å²) in [6, 6.07) is 3.80. The second-order valence-electron chi connectivity index (χ2n) is 9.11. The number of carbonyl (C=O) groups is 2. The fourth-order valence-electron chi connectivity index (χ4n) is 5.45. The molecule has 3 heterocycles. The van der Waals surface area contributed by atoms with Gasteiger partial charge in [-0.2, -0.15) is 0 Å². The van der Waals surface area contributed by atoms with E-state index in [9.17, 15) is 9.59 Å². The van der Waals surface area contributed by atoms with E-state index in [2.05, 4.69) is 16.5 Å². The van der Waals surface area contributed by atoms with Crippen LogP contribution in [0.4, 0.5) is 5.69 Å². The van der Waals surface area contributed by atoms with Crippen molar-refractivity contribution in [1.82, 2.24) is 9.97 Å². The van der Waals surface area contributed by atoms with E-state index in [1.54, 1.807) is 11.1 Å². The summed E-state index contributed by atoms with van der Waals surface area (Å²) in [5, 5.41) is 16.9. The van der Waals surface area contributed by atoms with Gasteiger partial charge in [-0.15, -0.1) is 0 Å². The molecule has 8 heteroatoms. The third-order valence-electron chi connectivity index (χ3n) is 7.14. The second-order valence-corrected chi connectivity index (χ2v) is 9.11. The van der Waals surface area contributed by atoms with Crippen molar-refractivity contribution in [3.8, 4) is 17.1 Å². The molecule has 4 aliphatic rings. The van der Waals surface area contributed by atoms with Crippen LogP contribution < -0.4 is 9.64 Å². The zero-order valence-corrected chi connectivity index (χ0v) is 19.1. The number of aryl methyl sites for hydroxylation is 1. The third kappa shape index (κ3) is 3.28. The molecule has 0 spiro atoms. The van der Waals surface area contributed by atoms with E-state index >= 15 is 0 Å². The van der Waals surface area contributed by atoms with Crippen LogP contribution in [0.2, 0.25) is 0 Å². The number of ether oxygens (including phenoxy) is 1. The maximum absolute atomic E-state index is 12.9. The van der Waals surface area contributed by atoms with Gasteiger partial charge in [0.2, 0.25) is 11.7 Å². The average molecular weight is 466 g/mol. The highest BCUT2D eigenvalue weighted by Gasteiger charge is 2.36. The summed E-state index contributed by atoms with van der Waals surface area (Å²) in [5.74, 6) is -0.0103. The minimum atomic E-state index is -0.218. The number of ketones is 1. The fraction of sp³-hybridized carbons (Fsp3) is 0.259. The van der Waals surface area contributed by atoms with Crippen LogP contribution in [0.15, 0.2) is 53.9 Å². The highest BCUT2D eigenvalue weighted by Crippen LogP contribution is 2.45. The molecule has 6 rings (SSSR count). The molecular formula is C27H23N5O3. The van der Waals surface area contributed by atoms with Crippen molar-refractivity contribution >= 4 is 34.4 Å². The van der Waals surface area contributed by atoms with Crippen LogP contribution in [-0.2, 0) is 16.0 Å². The van der Waals surface area contributed by atoms with Gasteiger partial charge in [-0.05, 0) is 60.6 Å². The number of anilines is 1. The smallest absolute Gasteiger partial charge is 0.250 e. The van der Waals surface area contributed by atoms with Gasteiger partial charge >= 0.3 is 0 Å². The Labute approximate surface area is 202 Å². The SMILES string of the molecule is C=CC(=O)N1CCOc2ncc(-c3cc4c(cn3)CCC3=C4C(=N)CC4=C3C(=O)C(=N)CC4)cc21. The van der Waals surface area contributed by atoms with Gasteiger partial charge in [0.25, 0.3) is 5.91 Å². The van der Waals surface area contributed by atoms with E-state index in [-0.39, 0.29) is 17.4 Å². The monoisotopic (exact) mass is 465 g/mol. The number of nitrogens with one attached hydrogen (secondary N) is 2. The first kappa shape index (κ1) is 21.3. The molecule has 2 aromatic rings. The van der Waals surface area contributed by atoms with Crippen molar-refractivity contribution in [2.24, 2.45) is 0 Å². The molecule has 0 unspecified atom stereocenters. The Hall–Kier alpha value is -4.20. The fourth-order valence-corrected chi connectivity index (χ4v) is 5.45. The summed E-state index contributed by atoms with van der Waals surface area (Å²) in [6.45, 7) is 4.37. The molecule has 0 atom stereocenters. The molecule has 0 fully saturated rings. The number of rotatable bonds is 2. The average Bonchev–Trinajstić information content (AvgIpc) is 2.89. The second kappa shape index (κ2) is 7.94. The molecule has 174 valence electrons. The Morgan fingerprint density at radius 1 is 1.06 bits per heavy atom. The Morgan fingerprint density at radius 2 is 1.91 bits per heavy atom. The largest absolute Gasteiger partial charge is 0.474 e. The summed E-state index contributed by atoms with van der Waals surface area (Å²) in [4.78, 5) is 35.9. The highest BCUT2D eigenvalue weighted by atomic mass is 16.5. The van der Waals surface area contributed by atoms with Gasteiger partial charge in [0.1, 0.15) is 12.3 Å². The summed E-state index contributed by atoms with van der Waals surface area (Å²) < 4.78 is 5.63. The Morgan fingerprint density at radius 3 is 2.74 bits per heavy atom. The van der Waals surface area contributed by atoms with E-state index in [1.807, 2.05) is 18.3 Å². The van der Waals surface area contributed by atoms with Crippen molar-refractivity contribution in [1.29, 1.82) is 10.8 Å². The summed E-state index contributed by atoms with van der Waals surface area (Å²) in [6.07, 6.45) is 7.75. The zero-order chi connectivity index (χ0) is 24.3. The molecule has 8 nitrogen and oxygen atoms in total. The van der Waals surface area contributed by atoms with Gasteiger partial charge in [-0.1, -0.05) is 12.2 Å². The van der Waals surface area contributed by atoms with Crippen LogP contribution in [0.5, 0.6) is 5.88 Å². The molecule has 1 aliphatic heterocycles. The standard InChI is InChI=1S/C27H23N5O3/c1-2-23(33)32-7-8-35-27-22(32)10-16(13-31-27)21-11-18-15(12-30-21)3-5-17-24-14(9-20(29)25(17)18)4-6-19(28)26(24)34/h2,10-13,28-29H,1,3-9H2. The van der Waals surface area contributed by atoms with Crippen molar-refractivity contribution in [2.45, 2.75) is 32.1 Å². The van der Waals surface area contributed by atoms with E-state index in [0.29, 0.717) is 67.4 Å². The molecular weight excluding hydrogens is 442 g/mol. The van der Waals surface area contributed by atoms with E-state index < -0.39 is 0 Å². The number of nitrogens with zero attached hydrogens (tertiary/aromatic N) is 3. The summed E-state index contributed by atoms with van der Waals surface area (Å²) in [5.41, 5.74) is 7.95. The molecule has 0 saturated carbocycles. The summed E-state index contributed by atoms with van der Waals surface area (Å²) in [7, 11) is 0. The predicted molar refractivity (Wildman–Crippen MR) is 132 cm³/mol. The lowest BCUT2D eigenvalue weighted by Crippen LogP contribution is -2.37. The van der Waals surface area contributed by atoms with E-state index in [0.717, 1.165) is 39.8 Å². The van der Waals surface area contributed by atoms with Crippen LogP contribution in [-0.4, -0.2) is 46.2 Å². The van der Waals surface area contributed by atoms with Gasteiger partial charge in [0, 0.05) is 41.2 Å². The molecule has 0 bridgehead atoms. The molecule has 0 saturated heterocycles. The van der Waals surface area contributed by atoms with Crippen LogP contribution in [0.1, 0.15) is 36.8 Å². The predicted octanol–water partition coefficient (Wildman–Crippen LogP) is 3.86. The van der Waals surface area contributed by atoms with E-state index in [4.69, 9.17) is 15.6 Å². The number of fused-ring (bicyclic) bond motifs is 4. The topological polar surface area (TPSA) is 120 Å². The number of carbonyl (C=O) groups excluding carboxylic acids is 2. The maximum atomic E-state index is 12.9.